The number of hydrogen-bond donors (Lipinski definition) is 1. The fraction of sp³-hybridized carbons (Fsp3) is 0.733. The highest BCUT2D eigenvalue weighted by molar-refractivity contribution is 7.13. The minimum Gasteiger partial charge on any atom is -0.355 e. The molecule has 0 unspecified atom stereocenters. The van der Waals surface area contributed by atoms with E-state index in [0.717, 1.165) is 49.7 Å². The summed E-state index contributed by atoms with van der Waals surface area (Å²) in [5.74, 6) is 0.525. The van der Waals surface area contributed by atoms with Crippen LogP contribution >= 0.6 is 11.3 Å². The van der Waals surface area contributed by atoms with E-state index < -0.39 is 0 Å². The first-order valence-electron chi connectivity index (χ1n) is 7.80. The van der Waals surface area contributed by atoms with Crippen molar-refractivity contribution in [2.24, 2.45) is 5.92 Å². The molecule has 0 aromatic carbocycles. The van der Waals surface area contributed by atoms with Crippen molar-refractivity contribution in [3.05, 3.63) is 11.1 Å². The van der Waals surface area contributed by atoms with E-state index in [1.807, 2.05) is 0 Å². The van der Waals surface area contributed by atoms with E-state index in [0.29, 0.717) is 0 Å². The summed E-state index contributed by atoms with van der Waals surface area (Å²) < 4.78 is 0. The van der Waals surface area contributed by atoms with Crippen LogP contribution in [-0.4, -0.2) is 30.5 Å². The van der Waals surface area contributed by atoms with Crippen molar-refractivity contribution in [3.8, 4) is 0 Å². The molecule has 1 amide bonds. The van der Waals surface area contributed by atoms with E-state index in [1.165, 1.54) is 25.7 Å². The molecule has 110 valence electrons. The smallest absolute Gasteiger partial charge is 0.223 e. The van der Waals surface area contributed by atoms with Gasteiger partial charge in [0.2, 0.25) is 5.91 Å². The summed E-state index contributed by atoms with van der Waals surface area (Å²) >= 11 is 1.74. The van der Waals surface area contributed by atoms with Crippen LogP contribution < -0.4 is 10.2 Å². The van der Waals surface area contributed by atoms with Crippen LogP contribution in [0.15, 0.2) is 5.38 Å². The molecule has 1 aromatic rings. The topological polar surface area (TPSA) is 45.2 Å². The molecule has 0 spiro atoms. The normalized spacial score (nSPS) is 19.7. The number of aromatic nitrogens is 1. The van der Waals surface area contributed by atoms with E-state index in [2.05, 4.69) is 15.6 Å². The lowest BCUT2D eigenvalue weighted by Crippen LogP contribution is -2.35. The number of nitrogens with zero attached hydrogens (tertiary/aromatic N) is 2. The molecule has 1 aliphatic heterocycles. The van der Waals surface area contributed by atoms with E-state index >= 15 is 0 Å². The molecular weight excluding hydrogens is 270 g/mol. The van der Waals surface area contributed by atoms with Crippen LogP contribution in [0, 0.1) is 5.92 Å². The Balaban J connectivity index is 1.43. The molecule has 1 saturated carbocycles. The second kappa shape index (κ2) is 6.57. The molecule has 2 aliphatic rings. The molecule has 20 heavy (non-hydrogen) atoms. The van der Waals surface area contributed by atoms with Gasteiger partial charge in [0.1, 0.15) is 0 Å². The number of hydrogen-bond acceptors (Lipinski definition) is 4. The zero-order valence-corrected chi connectivity index (χ0v) is 12.8. The lowest BCUT2D eigenvalue weighted by atomic mass is 9.85. The quantitative estimate of drug-likeness (QED) is 0.907. The highest BCUT2D eigenvalue weighted by atomic mass is 32.1. The Morgan fingerprint density at radius 1 is 1.30 bits per heavy atom. The number of carbonyl (C=O) groups excluding carboxylic acids is 1. The van der Waals surface area contributed by atoms with Gasteiger partial charge in [0.25, 0.3) is 0 Å². The third-order valence-electron chi connectivity index (χ3n) is 4.32. The largest absolute Gasteiger partial charge is 0.355 e. The summed E-state index contributed by atoms with van der Waals surface area (Å²) in [7, 11) is 0. The zero-order chi connectivity index (χ0) is 13.8. The number of carbonyl (C=O) groups is 1. The van der Waals surface area contributed by atoms with Crippen molar-refractivity contribution in [1.82, 2.24) is 10.3 Å². The zero-order valence-electron chi connectivity index (χ0n) is 11.9. The maximum absolute atomic E-state index is 11.7. The highest BCUT2D eigenvalue weighted by Crippen LogP contribution is 2.26. The molecule has 1 aromatic heterocycles. The first kappa shape index (κ1) is 13.9. The van der Waals surface area contributed by atoms with Gasteiger partial charge in [0, 0.05) is 37.4 Å². The molecule has 1 N–H and O–H groups in total. The fourth-order valence-corrected chi connectivity index (χ4v) is 3.68. The summed E-state index contributed by atoms with van der Waals surface area (Å²) in [5, 5.41) is 6.33. The Morgan fingerprint density at radius 2 is 2.10 bits per heavy atom. The molecule has 3 rings (SSSR count). The van der Waals surface area contributed by atoms with Gasteiger partial charge in [-0.25, -0.2) is 4.98 Å². The van der Waals surface area contributed by atoms with Gasteiger partial charge in [-0.1, -0.05) is 6.42 Å². The van der Waals surface area contributed by atoms with Crippen molar-refractivity contribution < 1.29 is 4.79 Å². The van der Waals surface area contributed by atoms with Gasteiger partial charge >= 0.3 is 0 Å². The lowest BCUT2D eigenvalue weighted by Gasteiger charge is -2.25. The van der Waals surface area contributed by atoms with Gasteiger partial charge in [0.15, 0.2) is 5.13 Å². The standard InChI is InChI=1S/C15H23N3OS/c19-14(12-5-4-6-12)16-8-7-13-11-20-15(17-13)18-9-2-1-3-10-18/h11-12H,1-10H2,(H,16,19). The first-order chi connectivity index (χ1) is 9.83. The predicted octanol–water partition coefficient (Wildman–Crippen LogP) is 2.59. The molecule has 0 radical (unpaired) electrons. The van der Waals surface area contributed by atoms with E-state index in [4.69, 9.17) is 4.98 Å². The molecule has 0 atom stereocenters. The maximum atomic E-state index is 11.7. The summed E-state index contributed by atoms with van der Waals surface area (Å²) in [6, 6.07) is 0. The SMILES string of the molecule is O=C(NCCc1csc(N2CCCCC2)n1)C1CCC1. The van der Waals surface area contributed by atoms with Gasteiger partial charge in [-0.2, -0.15) is 0 Å². The Bertz CT molecular complexity index is 450. The van der Waals surface area contributed by atoms with Crippen molar-refractivity contribution >= 4 is 22.4 Å². The summed E-state index contributed by atoms with van der Waals surface area (Å²) in [6.45, 7) is 3.01. The van der Waals surface area contributed by atoms with Gasteiger partial charge < -0.3 is 10.2 Å². The van der Waals surface area contributed by atoms with Crippen LogP contribution in [0.5, 0.6) is 0 Å². The highest BCUT2D eigenvalue weighted by Gasteiger charge is 2.24. The second-order valence-corrected chi connectivity index (χ2v) is 6.67. The average molecular weight is 293 g/mol. The third kappa shape index (κ3) is 3.32. The second-order valence-electron chi connectivity index (χ2n) is 5.84. The number of amides is 1. The van der Waals surface area contributed by atoms with Crippen LogP contribution in [0.2, 0.25) is 0 Å². The molecule has 1 saturated heterocycles. The Hall–Kier alpha value is -1.10. The minimum atomic E-state index is 0.239. The molecule has 5 heteroatoms. The van der Waals surface area contributed by atoms with Crippen molar-refractivity contribution in [2.75, 3.05) is 24.5 Å². The fourth-order valence-electron chi connectivity index (χ4n) is 2.77. The Labute approximate surface area is 124 Å². The van der Waals surface area contributed by atoms with Crippen LogP contribution in [0.3, 0.4) is 0 Å². The van der Waals surface area contributed by atoms with E-state index in [1.54, 1.807) is 11.3 Å². The molecule has 0 bridgehead atoms. The molecule has 2 heterocycles. The summed E-state index contributed by atoms with van der Waals surface area (Å²) in [6.07, 6.45) is 8.12. The van der Waals surface area contributed by atoms with Crippen molar-refractivity contribution in [1.29, 1.82) is 0 Å². The van der Waals surface area contributed by atoms with Gasteiger partial charge in [-0.05, 0) is 32.1 Å². The van der Waals surface area contributed by atoms with Gasteiger partial charge in [0.05, 0.1) is 5.69 Å². The molecule has 1 aliphatic carbocycles. The monoisotopic (exact) mass is 293 g/mol. The minimum absolute atomic E-state index is 0.239. The maximum Gasteiger partial charge on any atom is 0.223 e. The number of nitrogens with one attached hydrogen (secondary N) is 1. The van der Waals surface area contributed by atoms with E-state index in [9.17, 15) is 4.79 Å². The summed E-state index contributed by atoms with van der Waals surface area (Å²) in [4.78, 5) is 18.8. The number of anilines is 1. The van der Waals surface area contributed by atoms with Crippen LogP contribution in [0.1, 0.15) is 44.2 Å². The first-order valence-corrected chi connectivity index (χ1v) is 8.68. The van der Waals surface area contributed by atoms with Crippen LogP contribution in [-0.2, 0) is 11.2 Å². The van der Waals surface area contributed by atoms with Crippen molar-refractivity contribution in [2.45, 2.75) is 44.9 Å². The van der Waals surface area contributed by atoms with Gasteiger partial charge in [-0.3, -0.25) is 4.79 Å². The van der Waals surface area contributed by atoms with E-state index in [-0.39, 0.29) is 11.8 Å². The average Bonchev–Trinajstić information content (AvgIpc) is 2.86. The van der Waals surface area contributed by atoms with Crippen molar-refractivity contribution in [3.63, 3.8) is 0 Å². The van der Waals surface area contributed by atoms with Gasteiger partial charge in [-0.15, -0.1) is 11.3 Å². The predicted molar refractivity (Wildman–Crippen MR) is 82.2 cm³/mol. The lowest BCUT2D eigenvalue weighted by molar-refractivity contribution is -0.127. The Morgan fingerprint density at radius 3 is 2.80 bits per heavy atom. The number of rotatable bonds is 5. The summed E-state index contributed by atoms with van der Waals surface area (Å²) in [5.41, 5.74) is 1.12. The molecule has 2 fully saturated rings. The number of piperidine rings is 1. The third-order valence-corrected chi connectivity index (χ3v) is 5.27. The van der Waals surface area contributed by atoms with Crippen LogP contribution in [0.25, 0.3) is 0 Å². The number of thiazole rings is 1. The molecular formula is C15H23N3OS. The molecule has 4 nitrogen and oxygen atoms in total. The Kier molecular flexibility index (Phi) is 4.55. The van der Waals surface area contributed by atoms with Crippen LogP contribution in [0.4, 0.5) is 5.13 Å².